The highest BCUT2D eigenvalue weighted by Gasteiger charge is 2.46. The van der Waals surface area contributed by atoms with Crippen LogP contribution in [0.15, 0.2) is 6.33 Å². The monoisotopic (exact) mass is 264 g/mol. The first-order chi connectivity index (χ1) is 9.21. The lowest BCUT2D eigenvalue weighted by atomic mass is 9.71. The summed E-state index contributed by atoms with van der Waals surface area (Å²) in [5.41, 5.74) is 0.333. The molecule has 5 nitrogen and oxygen atoms in total. The van der Waals surface area contributed by atoms with E-state index in [-0.39, 0.29) is 0 Å². The van der Waals surface area contributed by atoms with Crippen LogP contribution in [0.25, 0.3) is 0 Å². The number of hydrogen-bond donors (Lipinski definition) is 1. The molecule has 3 rings (SSSR count). The molecule has 0 aliphatic carbocycles. The van der Waals surface area contributed by atoms with Crippen molar-refractivity contribution in [3.63, 3.8) is 0 Å². The molecule has 2 aliphatic rings. The molecule has 1 atom stereocenters. The molecule has 19 heavy (non-hydrogen) atoms. The molecule has 2 fully saturated rings. The van der Waals surface area contributed by atoms with E-state index in [1.54, 1.807) is 0 Å². The molecule has 106 valence electrons. The summed E-state index contributed by atoms with van der Waals surface area (Å²) in [6.45, 7) is 9.37. The zero-order valence-corrected chi connectivity index (χ0v) is 11.9. The number of aromatic nitrogens is 3. The van der Waals surface area contributed by atoms with Gasteiger partial charge in [0.05, 0.1) is 0 Å². The van der Waals surface area contributed by atoms with Crippen LogP contribution in [0.2, 0.25) is 0 Å². The van der Waals surface area contributed by atoms with Crippen LogP contribution in [0, 0.1) is 11.3 Å². The Bertz CT molecular complexity index is 423. The maximum absolute atomic E-state index is 5.55. The van der Waals surface area contributed by atoms with Crippen LogP contribution < -0.4 is 5.32 Å². The van der Waals surface area contributed by atoms with Crippen LogP contribution in [0.5, 0.6) is 0 Å². The minimum absolute atomic E-state index is 0.333. The van der Waals surface area contributed by atoms with Crippen LogP contribution >= 0.6 is 0 Å². The third-order valence-electron chi connectivity index (χ3n) is 4.57. The van der Waals surface area contributed by atoms with E-state index in [1.165, 1.54) is 5.82 Å². The maximum atomic E-state index is 5.55. The molecular formula is C14H24N4O. The second kappa shape index (κ2) is 5.21. The van der Waals surface area contributed by atoms with Gasteiger partial charge >= 0.3 is 0 Å². The Morgan fingerprint density at radius 1 is 1.47 bits per heavy atom. The summed E-state index contributed by atoms with van der Waals surface area (Å²) in [4.78, 5) is 0. The summed E-state index contributed by atoms with van der Waals surface area (Å²) in [7, 11) is 0. The number of rotatable bonds is 3. The van der Waals surface area contributed by atoms with Crippen molar-refractivity contribution in [2.45, 2.75) is 39.2 Å². The highest BCUT2D eigenvalue weighted by atomic mass is 16.5. The van der Waals surface area contributed by atoms with Gasteiger partial charge in [0.15, 0.2) is 0 Å². The van der Waals surface area contributed by atoms with E-state index in [0.717, 1.165) is 45.7 Å². The third kappa shape index (κ3) is 2.41. The zero-order valence-electron chi connectivity index (χ0n) is 11.9. The molecule has 1 spiro atoms. The quantitative estimate of drug-likeness (QED) is 0.897. The van der Waals surface area contributed by atoms with Crippen LogP contribution in [0.3, 0.4) is 0 Å². The second-order valence-corrected chi connectivity index (χ2v) is 6.39. The first-order valence-electron chi connectivity index (χ1n) is 7.37. The number of nitrogens with zero attached hydrogens (tertiary/aromatic N) is 3. The van der Waals surface area contributed by atoms with Crippen molar-refractivity contribution in [1.29, 1.82) is 0 Å². The first kappa shape index (κ1) is 13.1. The lowest BCUT2D eigenvalue weighted by Crippen LogP contribution is -2.36. The number of hydrogen-bond acceptors (Lipinski definition) is 4. The van der Waals surface area contributed by atoms with Gasteiger partial charge in [0.1, 0.15) is 12.2 Å². The van der Waals surface area contributed by atoms with Crippen molar-refractivity contribution < 1.29 is 4.74 Å². The average Bonchev–Trinajstić information content (AvgIpc) is 2.97. The Morgan fingerprint density at radius 2 is 2.26 bits per heavy atom. The normalized spacial score (nSPS) is 26.4. The predicted molar refractivity (Wildman–Crippen MR) is 73.0 cm³/mol. The second-order valence-electron chi connectivity index (χ2n) is 6.39. The van der Waals surface area contributed by atoms with E-state index in [2.05, 4.69) is 33.9 Å². The van der Waals surface area contributed by atoms with Gasteiger partial charge in [-0.05, 0) is 24.2 Å². The molecule has 0 saturated carbocycles. The molecule has 3 heterocycles. The summed E-state index contributed by atoms with van der Waals surface area (Å²) in [6, 6.07) is 0. The smallest absolute Gasteiger partial charge is 0.137 e. The number of ether oxygens (including phenoxy) is 1. The fourth-order valence-corrected chi connectivity index (χ4v) is 3.54. The summed E-state index contributed by atoms with van der Waals surface area (Å²) >= 11 is 0. The maximum Gasteiger partial charge on any atom is 0.137 e. The van der Waals surface area contributed by atoms with Crippen molar-refractivity contribution in [3.8, 4) is 0 Å². The Balaban J connectivity index is 1.86. The van der Waals surface area contributed by atoms with Crippen LogP contribution in [-0.4, -0.2) is 41.1 Å². The molecule has 2 aliphatic heterocycles. The number of nitrogens with one attached hydrogen (secondary N) is 1. The molecular weight excluding hydrogens is 240 g/mol. The molecule has 1 aromatic rings. The van der Waals surface area contributed by atoms with Gasteiger partial charge in [0, 0.05) is 38.8 Å². The lowest BCUT2D eigenvalue weighted by Gasteiger charge is -2.37. The van der Waals surface area contributed by atoms with E-state index in [4.69, 9.17) is 4.74 Å². The van der Waals surface area contributed by atoms with Crippen molar-refractivity contribution >= 4 is 0 Å². The molecule has 1 N–H and O–H groups in total. The van der Waals surface area contributed by atoms with Gasteiger partial charge in [-0.1, -0.05) is 13.8 Å². The van der Waals surface area contributed by atoms with Gasteiger partial charge < -0.3 is 14.6 Å². The van der Waals surface area contributed by atoms with E-state index < -0.39 is 0 Å². The summed E-state index contributed by atoms with van der Waals surface area (Å²) in [5.74, 6) is 2.27. The minimum Gasteiger partial charge on any atom is -0.381 e. The highest BCUT2D eigenvalue weighted by molar-refractivity contribution is 5.12. The molecule has 0 aromatic carbocycles. The average molecular weight is 264 g/mol. The molecule has 5 heteroatoms. The third-order valence-corrected chi connectivity index (χ3v) is 4.57. The van der Waals surface area contributed by atoms with Gasteiger partial charge in [0.25, 0.3) is 0 Å². The Hall–Kier alpha value is -0.940. The van der Waals surface area contributed by atoms with E-state index >= 15 is 0 Å². The van der Waals surface area contributed by atoms with Gasteiger partial charge in [-0.15, -0.1) is 10.2 Å². The predicted octanol–water partition coefficient (Wildman–Crippen LogP) is 1.42. The SMILES string of the molecule is CC(C)Cn1cnnc1C1CNCC12CCOCC2. The highest BCUT2D eigenvalue weighted by Crippen LogP contribution is 2.45. The van der Waals surface area contributed by atoms with Crippen LogP contribution in [0.1, 0.15) is 38.4 Å². The molecule has 0 amide bonds. The minimum atomic E-state index is 0.333. The Labute approximate surface area is 114 Å². The van der Waals surface area contributed by atoms with E-state index in [9.17, 15) is 0 Å². The van der Waals surface area contributed by atoms with Crippen LogP contribution in [0.4, 0.5) is 0 Å². The van der Waals surface area contributed by atoms with Gasteiger partial charge in [-0.25, -0.2) is 0 Å². The molecule has 1 aromatic heterocycles. The van der Waals surface area contributed by atoms with Crippen molar-refractivity contribution in [1.82, 2.24) is 20.1 Å². The van der Waals surface area contributed by atoms with Gasteiger partial charge in [-0.2, -0.15) is 0 Å². The van der Waals surface area contributed by atoms with Gasteiger partial charge in [0.2, 0.25) is 0 Å². The fourth-order valence-electron chi connectivity index (χ4n) is 3.54. The summed E-state index contributed by atoms with van der Waals surface area (Å²) in [5, 5.41) is 12.1. The Kier molecular flexibility index (Phi) is 3.58. The largest absolute Gasteiger partial charge is 0.381 e. The van der Waals surface area contributed by atoms with Crippen LogP contribution in [-0.2, 0) is 11.3 Å². The Morgan fingerprint density at radius 3 is 3.00 bits per heavy atom. The summed E-state index contributed by atoms with van der Waals surface area (Å²) < 4.78 is 7.80. The summed E-state index contributed by atoms with van der Waals surface area (Å²) in [6.07, 6.45) is 4.17. The molecule has 1 unspecified atom stereocenters. The molecule has 2 saturated heterocycles. The fraction of sp³-hybridized carbons (Fsp3) is 0.857. The molecule has 0 bridgehead atoms. The van der Waals surface area contributed by atoms with Crippen molar-refractivity contribution in [2.75, 3.05) is 26.3 Å². The van der Waals surface area contributed by atoms with E-state index in [1.807, 2.05) is 6.33 Å². The molecule has 0 radical (unpaired) electrons. The van der Waals surface area contributed by atoms with Crippen molar-refractivity contribution in [2.24, 2.45) is 11.3 Å². The topological polar surface area (TPSA) is 52.0 Å². The van der Waals surface area contributed by atoms with Crippen molar-refractivity contribution in [3.05, 3.63) is 12.2 Å². The first-order valence-corrected chi connectivity index (χ1v) is 7.37. The lowest BCUT2D eigenvalue weighted by molar-refractivity contribution is 0.0148. The zero-order chi connectivity index (χ0) is 13.3. The van der Waals surface area contributed by atoms with Gasteiger partial charge in [-0.3, -0.25) is 0 Å². The standard InChI is InChI=1S/C14H24N4O/c1-11(2)8-18-10-16-17-13(18)12-7-15-9-14(12)3-5-19-6-4-14/h10-12,15H,3-9H2,1-2H3. The van der Waals surface area contributed by atoms with E-state index in [0.29, 0.717) is 17.3 Å².